The van der Waals surface area contributed by atoms with E-state index in [-0.39, 0.29) is 22.9 Å². The zero-order valence-corrected chi connectivity index (χ0v) is 19.4. The van der Waals surface area contributed by atoms with Crippen molar-refractivity contribution in [3.8, 4) is 16.9 Å². The SMILES string of the molecule is CCN(CC)C(=O)Oc1ccc2c(ccn2Cc2cccc(F)c2F)c1-c1ccc(F)c(Cl)c1. The van der Waals surface area contributed by atoms with Gasteiger partial charge >= 0.3 is 6.09 Å². The quantitative estimate of drug-likeness (QED) is 0.287. The maximum absolute atomic E-state index is 14.3. The first-order chi connectivity index (χ1) is 16.3. The molecule has 0 saturated heterocycles. The van der Waals surface area contributed by atoms with Crippen LogP contribution in [0.25, 0.3) is 22.0 Å². The Kier molecular flexibility index (Phi) is 6.84. The van der Waals surface area contributed by atoms with E-state index in [1.54, 1.807) is 35.0 Å². The summed E-state index contributed by atoms with van der Waals surface area (Å²) in [6.45, 7) is 4.74. The summed E-state index contributed by atoms with van der Waals surface area (Å²) in [6, 6.07) is 13.5. The van der Waals surface area contributed by atoms with Gasteiger partial charge in [0.2, 0.25) is 0 Å². The van der Waals surface area contributed by atoms with Gasteiger partial charge in [0.15, 0.2) is 11.6 Å². The molecule has 0 fully saturated rings. The van der Waals surface area contributed by atoms with Crippen LogP contribution in [0.15, 0.2) is 60.8 Å². The molecule has 34 heavy (non-hydrogen) atoms. The van der Waals surface area contributed by atoms with Gasteiger partial charge in [0, 0.05) is 41.3 Å². The molecule has 1 heterocycles. The fourth-order valence-electron chi connectivity index (χ4n) is 3.92. The topological polar surface area (TPSA) is 34.5 Å². The van der Waals surface area contributed by atoms with Crippen molar-refractivity contribution < 1.29 is 22.7 Å². The third-order valence-corrected chi connectivity index (χ3v) is 6.00. The first-order valence-corrected chi connectivity index (χ1v) is 11.2. The number of fused-ring (bicyclic) bond motifs is 1. The van der Waals surface area contributed by atoms with E-state index in [9.17, 15) is 18.0 Å². The van der Waals surface area contributed by atoms with Crippen LogP contribution < -0.4 is 4.74 Å². The zero-order valence-electron chi connectivity index (χ0n) is 18.6. The van der Waals surface area contributed by atoms with E-state index in [1.165, 1.54) is 29.2 Å². The Morgan fingerprint density at radius 2 is 1.76 bits per heavy atom. The second-order valence-corrected chi connectivity index (χ2v) is 8.10. The molecule has 4 aromatic rings. The van der Waals surface area contributed by atoms with Gasteiger partial charge < -0.3 is 14.2 Å². The van der Waals surface area contributed by atoms with Crippen LogP contribution in [-0.2, 0) is 6.54 Å². The van der Waals surface area contributed by atoms with Crippen molar-refractivity contribution in [2.75, 3.05) is 13.1 Å². The Bertz CT molecular complexity index is 1370. The lowest BCUT2D eigenvalue weighted by Gasteiger charge is -2.20. The third kappa shape index (κ3) is 4.48. The molecular weight excluding hydrogens is 465 g/mol. The van der Waals surface area contributed by atoms with Gasteiger partial charge in [-0.2, -0.15) is 0 Å². The minimum Gasteiger partial charge on any atom is -0.410 e. The zero-order chi connectivity index (χ0) is 24.4. The fourth-order valence-corrected chi connectivity index (χ4v) is 4.10. The van der Waals surface area contributed by atoms with Crippen LogP contribution in [-0.4, -0.2) is 28.6 Å². The number of carbonyl (C=O) groups excluding carboxylic acids is 1. The second kappa shape index (κ2) is 9.81. The molecule has 4 rings (SSSR count). The van der Waals surface area contributed by atoms with Gasteiger partial charge in [0.05, 0.1) is 11.6 Å². The van der Waals surface area contributed by atoms with Gasteiger partial charge in [-0.3, -0.25) is 0 Å². The molecule has 1 amide bonds. The molecule has 0 atom stereocenters. The molecule has 0 bridgehead atoms. The predicted octanol–water partition coefficient (Wildman–Crippen LogP) is 7.27. The lowest BCUT2D eigenvalue weighted by Crippen LogP contribution is -2.33. The molecular formula is C26H22ClF3N2O2. The lowest BCUT2D eigenvalue weighted by atomic mass is 10.0. The highest BCUT2D eigenvalue weighted by molar-refractivity contribution is 6.31. The van der Waals surface area contributed by atoms with E-state index in [2.05, 4.69) is 0 Å². The second-order valence-electron chi connectivity index (χ2n) is 7.70. The molecule has 0 radical (unpaired) electrons. The molecule has 0 spiro atoms. The molecule has 0 aliphatic heterocycles. The predicted molar refractivity (Wildman–Crippen MR) is 127 cm³/mol. The van der Waals surface area contributed by atoms with Crippen LogP contribution in [0, 0.1) is 17.5 Å². The average Bonchev–Trinajstić information content (AvgIpc) is 3.22. The smallest absolute Gasteiger partial charge is 0.410 e. The Morgan fingerprint density at radius 3 is 2.47 bits per heavy atom. The number of carbonyl (C=O) groups is 1. The van der Waals surface area contributed by atoms with E-state index in [1.807, 2.05) is 13.8 Å². The molecule has 3 aromatic carbocycles. The normalized spacial score (nSPS) is 11.1. The minimum absolute atomic E-state index is 0.0724. The van der Waals surface area contributed by atoms with Crippen molar-refractivity contribution in [1.29, 1.82) is 0 Å². The van der Waals surface area contributed by atoms with Gasteiger partial charge in [-0.1, -0.05) is 29.8 Å². The van der Waals surface area contributed by atoms with Crippen LogP contribution in [0.5, 0.6) is 5.75 Å². The van der Waals surface area contributed by atoms with Crippen LogP contribution >= 0.6 is 11.6 Å². The number of rotatable bonds is 6. The lowest BCUT2D eigenvalue weighted by molar-refractivity contribution is 0.157. The summed E-state index contributed by atoms with van der Waals surface area (Å²) in [6.07, 6.45) is 1.22. The van der Waals surface area contributed by atoms with Crippen LogP contribution in [0.3, 0.4) is 0 Å². The third-order valence-electron chi connectivity index (χ3n) is 5.71. The molecule has 0 saturated carbocycles. The highest BCUT2D eigenvalue weighted by Crippen LogP contribution is 2.39. The van der Waals surface area contributed by atoms with Crippen LogP contribution in [0.1, 0.15) is 19.4 Å². The molecule has 0 aliphatic carbocycles. The summed E-state index contributed by atoms with van der Waals surface area (Å²) in [7, 11) is 0. The van der Waals surface area contributed by atoms with Gasteiger partial charge in [-0.25, -0.2) is 18.0 Å². The largest absolute Gasteiger partial charge is 0.415 e. The monoisotopic (exact) mass is 486 g/mol. The molecule has 8 heteroatoms. The molecule has 176 valence electrons. The number of hydrogen-bond acceptors (Lipinski definition) is 2. The maximum Gasteiger partial charge on any atom is 0.415 e. The van der Waals surface area contributed by atoms with E-state index >= 15 is 0 Å². The summed E-state index contributed by atoms with van der Waals surface area (Å²) in [4.78, 5) is 14.2. The summed E-state index contributed by atoms with van der Waals surface area (Å²) >= 11 is 6.04. The van der Waals surface area contributed by atoms with Crippen molar-refractivity contribution in [2.24, 2.45) is 0 Å². The van der Waals surface area contributed by atoms with Crippen LogP contribution in [0.2, 0.25) is 5.02 Å². The Balaban J connectivity index is 1.85. The van der Waals surface area contributed by atoms with Gasteiger partial charge in [0.25, 0.3) is 0 Å². The fraction of sp³-hybridized carbons (Fsp3) is 0.192. The molecule has 0 N–H and O–H groups in total. The summed E-state index contributed by atoms with van der Waals surface area (Å²) in [5.41, 5.74) is 1.98. The van der Waals surface area contributed by atoms with Crippen molar-refractivity contribution in [2.45, 2.75) is 20.4 Å². The Hall–Kier alpha value is -3.45. The van der Waals surface area contributed by atoms with E-state index in [0.29, 0.717) is 35.1 Å². The average molecular weight is 487 g/mol. The van der Waals surface area contributed by atoms with Crippen molar-refractivity contribution in [1.82, 2.24) is 9.47 Å². The standard InChI is InChI=1S/C26H22ClF3N2O2/c1-3-31(4-2)26(33)34-23-11-10-22-18(24(23)16-8-9-20(28)19(27)14-16)12-13-32(22)15-17-6-5-7-21(29)25(17)30/h5-14H,3-4,15H2,1-2H3. The van der Waals surface area contributed by atoms with Crippen LogP contribution in [0.4, 0.5) is 18.0 Å². The van der Waals surface area contributed by atoms with Crippen molar-refractivity contribution >= 4 is 28.6 Å². The number of halogens is 4. The highest BCUT2D eigenvalue weighted by atomic mass is 35.5. The van der Waals surface area contributed by atoms with Gasteiger partial charge in [-0.15, -0.1) is 0 Å². The van der Waals surface area contributed by atoms with Gasteiger partial charge in [0.1, 0.15) is 11.6 Å². The van der Waals surface area contributed by atoms with Crippen molar-refractivity contribution in [3.05, 3.63) is 88.8 Å². The molecule has 1 aromatic heterocycles. The summed E-state index contributed by atoms with van der Waals surface area (Å²) in [5.74, 6) is -2.11. The first-order valence-electron chi connectivity index (χ1n) is 10.8. The van der Waals surface area contributed by atoms with E-state index in [0.717, 1.165) is 6.07 Å². The Labute approximate surface area is 200 Å². The summed E-state index contributed by atoms with van der Waals surface area (Å²) in [5, 5.41) is 0.612. The number of ether oxygens (including phenoxy) is 1. The number of amides is 1. The van der Waals surface area contributed by atoms with Crippen molar-refractivity contribution in [3.63, 3.8) is 0 Å². The van der Waals surface area contributed by atoms with Gasteiger partial charge in [-0.05, 0) is 55.8 Å². The number of nitrogens with zero attached hydrogens (tertiary/aromatic N) is 2. The number of benzene rings is 3. The van der Waals surface area contributed by atoms with E-state index in [4.69, 9.17) is 16.3 Å². The molecule has 0 aliphatic rings. The van der Waals surface area contributed by atoms with E-state index < -0.39 is 23.5 Å². The molecule has 4 nitrogen and oxygen atoms in total. The highest BCUT2D eigenvalue weighted by Gasteiger charge is 2.20. The number of hydrogen-bond donors (Lipinski definition) is 0. The minimum atomic E-state index is -0.916. The number of aromatic nitrogens is 1. The first kappa shape index (κ1) is 23.7. The summed E-state index contributed by atoms with van der Waals surface area (Å²) < 4.78 is 49.3. The Morgan fingerprint density at radius 1 is 1.00 bits per heavy atom. The maximum atomic E-state index is 14.3. The molecule has 0 unspecified atom stereocenters.